The summed E-state index contributed by atoms with van der Waals surface area (Å²) in [6.07, 6.45) is 1.17. The molecule has 0 aromatic carbocycles. The van der Waals surface area contributed by atoms with Gasteiger partial charge in [0.2, 0.25) is 0 Å². The first-order valence-electron chi connectivity index (χ1n) is 6.59. The predicted molar refractivity (Wildman–Crippen MR) is 77.1 cm³/mol. The summed E-state index contributed by atoms with van der Waals surface area (Å²) in [6, 6.07) is 0.409. The summed E-state index contributed by atoms with van der Waals surface area (Å²) in [4.78, 5) is 8.44. The highest BCUT2D eigenvalue weighted by Gasteiger charge is 2.16. The second kappa shape index (κ2) is 6.97. The molecular formula is C13H25N3S. The van der Waals surface area contributed by atoms with Gasteiger partial charge < -0.3 is 10.2 Å². The zero-order valence-electron chi connectivity index (χ0n) is 11.7. The number of thiazole rings is 1. The molecule has 0 bridgehead atoms. The number of hydrogen-bond donors (Lipinski definition) is 1. The lowest BCUT2D eigenvalue weighted by Crippen LogP contribution is -2.23. The first-order chi connectivity index (χ1) is 8.13. The van der Waals surface area contributed by atoms with Gasteiger partial charge in [-0.2, -0.15) is 0 Å². The Bertz CT molecular complexity index is 335. The van der Waals surface area contributed by atoms with E-state index < -0.39 is 0 Å². The van der Waals surface area contributed by atoms with E-state index in [4.69, 9.17) is 4.98 Å². The Kier molecular flexibility index (Phi) is 5.92. The van der Waals surface area contributed by atoms with Crippen molar-refractivity contribution in [2.24, 2.45) is 0 Å². The number of aromatic nitrogens is 1. The van der Waals surface area contributed by atoms with Crippen LogP contribution in [0.2, 0.25) is 0 Å². The third-order valence-corrected chi connectivity index (χ3v) is 4.27. The standard InChI is InChI=1S/C13H25N3S/c1-6-9-16(8-3)13-15-11(5)12(17-13)10(4)14-7-2/h10,14H,6-9H2,1-5H3. The van der Waals surface area contributed by atoms with Crippen molar-refractivity contribution in [1.29, 1.82) is 0 Å². The lowest BCUT2D eigenvalue weighted by Gasteiger charge is -2.18. The van der Waals surface area contributed by atoms with Crippen molar-refractivity contribution < 1.29 is 0 Å². The highest BCUT2D eigenvalue weighted by Crippen LogP contribution is 2.30. The molecule has 3 nitrogen and oxygen atoms in total. The van der Waals surface area contributed by atoms with Crippen LogP contribution in [0.1, 0.15) is 50.7 Å². The maximum atomic E-state index is 4.71. The van der Waals surface area contributed by atoms with Crippen molar-refractivity contribution in [3.8, 4) is 0 Å². The maximum Gasteiger partial charge on any atom is 0.185 e. The topological polar surface area (TPSA) is 28.2 Å². The molecule has 0 saturated heterocycles. The van der Waals surface area contributed by atoms with Crippen LogP contribution < -0.4 is 10.2 Å². The molecule has 0 saturated carbocycles. The van der Waals surface area contributed by atoms with Gasteiger partial charge in [0.1, 0.15) is 0 Å². The molecule has 1 aromatic heterocycles. The van der Waals surface area contributed by atoms with Crippen LogP contribution in [0.15, 0.2) is 0 Å². The minimum absolute atomic E-state index is 0.409. The number of anilines is 1. The van der Waals surface area contributed by atoms with Crippen LogP contribution >= 0.6 is 11.3 Å². The third-order valence-electron chi connectivity index (χ3n) is 2.87. The minimum Gasteiger partial charge on any atom is -0.348 e. The molecule has 4 heteroatoms. The van der Waals surface area contributed by atoms with E-state index in [0.29, 0.717) is 6.04 Å². The highest BCUT2D eigenvalue weighted by atomic mass is 32.1. The molecule has 1 atom stereocenters. The summed E-state index contributed by atoms with van der Waals surface area (Å²) in [7, 11) is 0. The molecule has 0 amide bonds. The van der Waals surface area contributed by atoms with Crippen molar-refractivity contribution in [2.45, 2.75) is 47.1 Å². The van der Waals surface area contributed by atoms with E-state index in [2.05, 4.69) is 44.8 Å². The van der Waals surface area contributed by atoms with E-state index in [9.17, 15) is 0 Å². The maximum absolute atomic E-state index is 4.71. The van der Waals surface area contributed by atoms with Crippen LogP contribution in [0.4, 0.5) is 5.13 Å². The van der Waals surface area contributed by atoms with E-state index >= 15 is 0 Å². The Morgan fingerprint density at radius 2 is 2.06 bits per heavy atom. The summed E-state index contributed by atoms with van der Waals surface area (Å²) in [6.45, 7) is 14.0. The number of hydrogen-bond acceptors (Lipinski definition) is 4. The zero-order chi connectivity index (χ0) is 12.8. The first kappa shape index (κ1) is 14.5. The van der Waals surface area contributed by atoms with Gasteiger partial charge in [0.25, 0.3) is 0 Å². The number of rotatable bonds is 7. The SMILES string of the molecule is CCCN(CC)c1nc(C)c(C(C)NCC)s1. The fourth-order valence-electron chi connectivity index (χ4n) is 1.99. The van der Waals surface area contributed by atoms with Crippen molar-refractivity contribution in [1.82, 2.24) is 10.3 Å². The fraction of sp³-hybridized carbons (Fsp3) is 0.769. The summed E-state index contributed by atoms with van der Waals surface area (Å²) in [5.41, 5.74) is 1.17. The molecule has 17 heavy (non-hydrogen) atoms. The number of aryl methyl sites for hydroxylation is 1. The lowest BCUT2D eigenvalue weighted by atomic mass is 10.2. The quantitative estimate of drug-likeness (QED) is 0.810. The predicted octanol–water partition coefficient (Wildman–Crippen LogP) is 3.36. The lowest BCUT2D eigenvalue weighted by molar-refractivity contribution is 0.603. The summed E-state index contributed by atoms with van der Waals surface area (Å²) in [5, 5.41) is 4.63. The molecule has 0 aliphatic carbocycles. The Morgan fingerprint density at radius 3 is 2.59 bits per heavy atom. The molecule has 0 spiro atoms. The van der Waals surface area contributed by atoms with Crippen molar-refractivity contribution in [2.75, 3.05) is 24.5 Å². The molecule has 1 heterocycles. The Hall–Kier alpha value is -0.610. The monoisotopic (exact) mass is 255 g/mol. The zero-order valence-corrected chi connectivity index (χ0v) is 12.5. The Morgan fingerprint density at radius 1 is 1.35 bits per heavy atom. The van der Waals surface area contributed by atoms with Crippen molar-refractivity contribution >= 4 is 16.5 Å². The van der Waals surface area contributed by atoms with Crippen LogP contribution in [-0.4, -0.2) is 24.6 Å². The third kappa shape index (κ3) is 3.68. The highest BCUT2D eigenvalue weighted by molar-refractivity contribution is 7.15. The number of nitrogens with one attached hydrogen (secondary N) is 1. The van der Waals surface area contributed by atoms with Gasteiger partial charge in [-0.15, -0.1) is 11.3 Å². The van der Waals surface area contributed by atoms with E-state index in [1.165, 1.54) is 22.1 Å². The van der Waals surface area contributed by atoms with Gasteiger partial charge in [0.05, 0.1) is 5.69 Å². The first-order valence-corrected chi connectivity index (χ1v) is 7.41. The summed E-state index contributed by atoms with van der Waals surface area (Å²) >= 11 is 1.83. The Balaban J connectivity index is 2.85. The molecule has 1 rings (SSSR count). The number of nitrogens with zero attached hydrogens (tertiary/aromatic N) is 2. The van der Waals surface area contributed by atoms with Gasteiger partial charge in [-0.3, -0.25) is 0 Å². The van der Waals surface area contributed by atoms with Gasteiger partial charge >= 0.3 is 0 Å². The van der Waals surface area contributed by atoms with E-state index in [1.54, 1.807) is 0 Å². The van der Waals surface area contributed by atoms with Crippen molar-refractivity contribution in [3.05, 3.63) is 10.6 Å². The molecular weight excluding hydrogens is 230 g/mol. The van der Waals surface area contributed by atoms with Gasteiger partial charge in [-0.25, -0.2) is 4.98 Å². The van der Waals surface area contributed by atoms with E-state index in [0.717, 1.165) is 19.6 Å². The van der Waals surface area contributed by atoms with Crippen LogP contribution in [0.5, 0.6) is 0 Å². The molecule has 0 aliphatic heterocycles. The smallest absolute Gasteiger partial charge is 0.185 e. The molecule has 1 unspecified atom stereocenters. The van der Waals surface area contributed by atoms with Gasteiger partial charge in [-0.05, 0) is 33.7 Å². The van der Waals surface area contributed by atoms with Crippen LogP contribution in [-0.2, 0) is 0 Å². The van der Waals surface area contributed by atoms with Crippen LogP contribution in [0.25, 0.3) is 0 Å². The van der Waals surface area contributed by atoms with Crippen LogP contribution in [0, 0.1) is 6.92 Å². The average molecular weight is 255 g/mol. The molecule has 1 N–H and O–H groups in total. The van der Waals surface area contributed by atoms with Gasteiger partial charge in [-0.1, -0.05) is 13.8 Å². The normalized spacial score (nSPS) is 12.8. The van der Waals surface area contributed by atoms with Gasteiger partial charge in [0, 0.05) is 24.0 Å². The molecule has 0 radical (unpaired) electrons. The largest absolute Gasteiger partial charge is 0.348 e. The van der Waals surface area contributed by atoms with E-state index in [1.807, 2.05) is 11.3 Å². The summed E-state index contributed by atoms with van der Waals surface area (Å²) in [5.74, 6) is 0. The van der Waals surface area contributed by atoms with Crippen LogP contribution in [0.3, 0.4) is 0 Å². The molecule has 98 valence electrons. The fourth-order valence-corrected chi connectivity index (χ4v) is 3.17. The van der Waals surface area contributed by atoms with Gasteiger partial charge in [0.15, 0.2) is 5.13 Å². The van der Waals surface area contributed by atoms with Crippen molar-refractivity contribution in [3.63, 3.8) is 0 Å². The second-order valence-corrected chi connectivity index (χ2v) is 5.31. The molecule has 0 aliphatic rings. The Labute approximate surface area is 109 Å². The summed E-state index contributed by atoms with van der Waals surface area (Å²) < 4.78 is 0. The molecule has 0 fully saturated rings. The minimum atomic E-state index is 0.409. The van der Waals surface area contributed by atoms with E-state index in [-0.39, 0.29) is 0 Å². The second-order valence-electron chi connectivity index (χ2n) is 4.31. The average Bonchev–Trinajstić information content (AvgIpc) is 2.68. The molecule has 1 aromatic rings.